The molecule has 0 aliphatic rings. The first kappa shape index (κ1) is 47.0. The van der Waals surface area contributed by atoms with Crippen LogP contribution in [0.1, 0.15) is 194 Å². The van der Waals surface area contributed by atoms with Crippen molar-refractivity contribution in [3.05, 3.63) is 24.3 Å². The van der Waals surface area contributed by atoms with Crippen LogP contribution in [0.15, 0.2) is 24.3 Å². The van der Waals surface area contributed by atoms with Crippen molar-refractivity contribution in [2.45, 2.75) is 213 Å². The molecule has 0 aromatic rings. The van der Waals surface area contributed by atoms with Crippen molar-refractivity contribution in [2.24, 2.45) is 0 Å². The quantitative estimate of drug-likeness (QED) is 0.0366. The third-order valence-electron chi connectivity index (χ3n) is 8.50. The van der Waals surface area contributed by atoms with Crippen molar-refractivity contribution >= 4 is 50.3 Å². The van der Waals surface area contributed by atoms with E-state index in [1.807, 2.05) is 19.8 Å². The molecule has 5 nitrogen and oxygen atoms in total. The Labute approximate surface area is 303 Å². The van der Waals surface area contributed by atoms with Crippen molar-refractivity contribution < 1.29 is 17.1 Å². The van der Waals surface area contributed by atoms with Crippen LogP contribution in [0.5, 0.6) is 0 Å². The minimum atomic E-state index is -3.53. The smallest absolute Gasteiger partial charge is 0.0654 e. The van der Waals surface area contributed by atoms with Gasteiger partial charge in [0.15, 0.2) is 0 Å². The second-order valence-corrected chi connectivity index (χ2v) is 36.2. The zero-order valence-electron chi connectivity index (χ0n) is 32.1. The molecule has 0 fully saturated rings. The molecular formula is C40H78O5Sn2. The van der Waals surface area contributed by atoms with Crippen LogP contribution < -0.4 is 0 Å². The number of hydrogen-bond donors (Lipinski definition) is 0. The van der Waals surface area contributed by atoms with E-state index >= 15 is 0 Å². The fourth-order valence-electron chi connectivity index (χ4n) is 5.96. The van der Waals surface area contributed by atoms with E-state index in [0.717, 1.165) is 38.5 Å². The van der Waals surface area contributed by atoms with Gasteiger partial charge in [0.1, 0.15) is 0 Å². The molecule has 0 amide bonds. The minimum absolute atomic E-state index is 0.148. The van der Waals surface area contributed by atoms with E-state index in [1.54, 1.807) is 0 Å². The zero-order valence-corrected chi connectivity index (χ0v) is 37.9. The summed E-state index contributed by atoms with van der Waals surface area (Å²) >= 11 is -7.06. The molecule has 276 valence electrons. The van der Waals surface area contributed by atoms with Gasteiger partial charge in [-0.25, -0.2) is 0 Å². The first-order valence-corrected chi connectivity index (χ1v) is 36.1. The van der Waals surface area contributed by atoms with Crippen LogP contribution >= 0.6 is 0 Å². The van der Waals surface area contributed by atoms with Crippen LogP contribution in [0.4, 0.5) is 0 Å². The molecule has 0 atom stereocenters. The standard InChI is InChI=1S/2C18H34O2.4CH3.O.2Sn/c2*1-2-3-4-5-6-7-8-9-10-11-12-13-14-15-16-17-18(19)20;;;;;;;/h2*9-10H,2-8,11-17H2,1H3,(H,19,20);4*1H3;;;/q;;;;;;;2*+1/p-2/b2*10-9+;;;;;;;. The first-order chi connectivity index (χ1) is 22.6. The van der Waals surface area contributed by atoms with Gasteiger partial charge in [-0.2, -0.15) is 0 Å². The molecule has 0 spiro atoms. The maximum atomic E-state index is 12.5. The average Bonchev–Trinajstić information content (AvgIpc) is 2.99. The number of unbranched alkanes of at least 4 members (excludes halogenated alkanes) is 22. The Morgan fingerprint density at radius 3 is 0.957 bits per heavy atom. The van der Waals surface area contributed by atoms with E-state index in [9.17, 15) is 9.59 Å². The van der Waals surface area contributed by atoms with Crippen LogP contribution in [0.25, 0.3) is 0 Å². The molecule has 7 heteroatoms. The summed E-state index contributed by atoms with van der Waals surface area (Å²) in [5.41, 5.74) is 0. The number of carbonyl (C=O) groups excluding carboxylic acids is 2. The summed E-state index contributed by atoms with van der Waals surface area (Å²) in [7, 11) is 0. The van der Waals surface area contributed by atoms with Crippen LogP contribution in [-0.4, -0.2) is 50.3 Å². The summed E-state index contributed by atoms with van der Waals surface area (Å²) in [6.07, 6.45) is 42.5. The SMILES string of the molecule is CCCCCCCC/C=C/CCCCCCCC(=O)[O][Sn]([CH3])([CH3])[O][Sn]([CH3])([CH3])[O]C(=O)CCCCCCC/C=C/CCCCCCCC. The normalized spacial score (nSPS) is 12.4. The average molecular weight is 876 g/mol. The Morgan fingerprint density at radius 2 is 0.660 bits per heavy atom. The molecular weight excluding hydrogens is 798 g/mol. The van der Waals surface area contributed by atoms with E-state index in [1.165, 1.54) is 128 Å². The van der Waals surface area contributed by atoms with Crippen molar-refractivity contribution in [1.82, 2.24) is 0 Å². The summed E-state index contributed by atoms with van der Waals surface area (Å²) in [5.74, 6) is -0.296. The van der Waals surface area contributed by atoms with E-state index in [0.29, 0.717) is 12.8 Å². The third kappa shape index (κ3) is 35.6. The predicted octanol–water partition coefficient (Wildman–Crippen LogP) is 13.6. The van der Waals surface area contributed by atoms with Gasteiger partial charge in [-0.3, -0.25) is 0 Å². The predicted molar refractivity (Wildman–Crippen MR) is 207 cm³/mol. The van der Waals surface area contributed by atoms with Crippen molar-refractivity contribution in [3.8, 4) is 0 Å². The van der Waals surface area contributed by atoms with Crippen LogP contribution in [0.3, 0.4) is 0 Å². The number of allylic oxidation sites excluding steroid dienone is 4. The molecule has 0 bridgehead atoms. The number of rotatable bonds is 34. The Morgan fingerprint density at radius 1 is 0.404 bits per heavy atom. The molecule has 47 heavy (non-hydrogen) atoms. The molecule has 0 radical (unpaired) electrons. The summed E-state index contributed by atoms with van der Waals surface area (Å²) in [6.45, 7) is 4.53. The van der Waals surface area contributed by atoms with Crippen molar-refractivity contribution in [2.75, 3.05) is 0 Å². The topological polar surface area (TPSA) is 61.8 Å². The van der Waals surface area contributed by atoms with Crippen molar-refractivity contribution in [1.29, 1.82) is 0 Å². The Kier molecular flexibility index (Phi) is 33.1. The molecule has 0 saturated carbocycles. The summed E-state index contributed by atoms with van der Waals surface area (Å²) in [4.78, 5) is 32.9. The fourth-order valence-corrected chi connectivity index (χ4v) is 37.6. The molecule has 0 unspecified atom stereocenters. The molecule has 0 aliphatic carbocycles. The van der Waals surface area contributed by atoms with Gasteiger partial charge in [-0.05, 0) is 12.8 Å². The molecule has 0 aromatic heterocycles. The van der Waals surface area contributed by atoms with E-state index in [4.69, 9.17) is 7.56 Å². The summed E-state index contributed by atoms with van der Waals surface area (Å²) < 4.78 is 18.1. The molecule has 0 saturated heterocycles. The van der Waals surface area contributed by atoms with E-state index in [-0.39, 0.29) is 11.9 Å². The zero-order chi connectivity index (χ0) is 34.9. The molecule has 0 heterocycles. The van der Waals surface area contributed by atoms with Gasteiger partial charge < -0.3 is 0 Å². The Bertz CT molecular complexity index is 729. The van der Waals surface area contributed by atoms with E-state index < -0.39 is 38.4 Å². The molecule has 0 aliphatic heterocycles. The van der Waals surface area contributed by atoms with Gasteiger partial charge in [-0.15, -0.1) is 0 Å². The van der Waals surface area contributed by atoms with Crippen LogP contribution in [-0.2, 0) is 17.1 Å². The van der Waals surface area contributed by atoms with Gasteiger partial charge in [0.25, 0.3) is 0 Å². The maximum absolute atomic E-state index is 12.5. The first-order valence-electron chi connectivity index (χ1n) is 20.1. The third-order valence-corrected chi connectivity index (χ3v) is 34.2. The van der Waals surface area contributed by atoms with Gasteiger partial charge in [0, 0.05) is 0 Å². The van der Waals surface area contributed by atoms with Gasteiger partial charge >= 0.3 is 214 Å². The molecule has 0 rings (SSSR count). The second-order valence-electron chi connectivity index (χ2n) is 14.5. The number of hydrogen-bond acceptors (Lipinski definition) is 5. The van der Waals surface area contributed by atoms with Gasteiger partial charge in [0.2, 0.25) is 0 Å². The van der Waals surface area contributed by atoms with Crippen LogP contribution in [0, 0.1) is 0 Å². The summed E-state index contributed by atoms with van der Waals surface area (Å²) in [6, 6.07) is 0. The number of carbonyl (C=O) groups is 2. The Balaban J connectivity index is 3.83. The monoisotopic (exact) mass is 878 g/mol. The Hall–Kier alpha value is -0.0226. The van der Waals surface area contributed by atoms with Crippen molar-refractivity contribution in [3.63, 3.8) is 0 Å². The minimum Gasteiger partial charge on any atom is -0.0654 e. The molecule has 0 N–H and O–H groups in total. The second kappa shape index (κ2) is 33.1. The fraction of sp³-hybridized carbons (Fsp3) is 0.850. The molecule has 0 aromatic carbocycles. The van der Waals surface area contributed by atoms with E-state index in [2.05, 4.69) is 38.2 Å². The van der Waals surface area contributed by atoms with Crippen LogP contribution in [0.2, 0.25) is 19.8 Å². The van der Waals surface area contributed by atoms with Gasteiger partial charge in [0.05, 0.1) is 0 Å². The summed E-state index contributed by atoms with van der Waals surface area (Å²) in [5, 5.41) is 0. The van der Waals surface area contributed by atoms with Gasteiger partial charge in [-0.1, -0.05) is 78.1 Å².